The van der Waals surface area contributed by atoms with Gasteiger partial charge in [0.2, 0.25) is 11.8 Å². The maximum absolute atomic E-state index is 12.1. The van der Waals surface area contributed by atoms with Crippen molar-refractivity contribution in [1.82, 2.24) is 15.8 Å². The molecule has 6 heteroatoms. The largest absolute Gasteiger partial charge is 0.361 e. The van der Waals surface area contributed by atoms with Gasteiger partial charge in [0.25, 0.3) is 0 Å². The van der Waals surface area contributed by atoms with Crippen molar-refractivity contribution in [3.05, 3.63) is 60.3 Å². The molecule has 1 heterocycles. The maximum atomic E-state index is 12.1. The normalized spacial score (nSPS) is 10.8. The fourth-order valence-electron chi connectivity index (χ4n) is 3.34. The molecule has 0 aliphatic rings. The zero-order valence-corrected chi connectivity index (χ0v) is 16.4. The van der Waals surface area contributed by atoms with E-state index >= 15 is 0 Å². The number of H-pyrrole nitrogens is 1. The minimum Gasteiger partial charge on any atom is -0.361 e. The van der Waals surface area contributed by atoms with Crippen LogP contribution in [-0.4, -0.2) is 28.6 Å². The molecule has 2 aromatic carbocycles. The molecule has 29 heavy (non-hydrogen) atoms. The molecule has 0 fully saturated rings. The Morgan fingerprint density at radius 2 is 1.62 bits per heavy atom. The lowest BCUT2D eigenvalue weighted by atomic mass is 10.0. The van der Waals surface area contributed by atoms with E-state index in [2.05, 4.69) is 46.7 Å². The van der Waals surface area contributed by atoms with Gasteiger partial charge in [0.05, 0.1) is 6.42 Å². The fraction of sp³-hybridized carbons (Fsp3) is 0.304. The van der Waals surface area contributed by atoms with Crippen molar-refractivity contribution in [3.63, 3.8) is 0 Å². The van der Waals surface area contributed by atoms with Crippen LogP contribution in [0.25, 0.3) is 22.0 Å². The van der Waals surface area contributed by atoms with E-state index in [9.17, 15) is 9.59 Å². The topological polar surface area (TPSA) is 94.2 Å². The first-order valence-corrected chi connectivity index (χ1v) is 10.0. The number of aromatic nitrogens is 1. The molecule has 0 spiro atoms. The number of hydrogen-bond donors (Lipinski definition) is 4. The van der Waals surface area contributed by atoms with E-state index in [1.54, 1.807) is 5.48 Å². The van der Waals surface area contributed by atoms with Crippen LogP contribution >= 0.6 is 0 Å². The number of carbonyl (C=O) groups excluding carboxylic acids is 2. The minimum atomic E-state index is -0.353. The molecule has 6 nitrogen and oxygen atoms in total. The third-order valence-corrected chi connectivity index (χ3v) is 4.98. The van der Waals surface area contributed by atoms with E-state index in [4.69, 9.17) is 5.21 Å². The van der Waals surface area contributed by atoms with Crippen molar-refractivity contribution in [2.45, 2.75) is 38.5 Å². The number of hydroxylamine groups is 1. The molecule has 0 aliphatic carbocycles. The highest BCUT2D eigenvalue weighted by molar-refractivity contribution is 5.85. The summed E-state index contributed by atoms with van der Waals surface area (Å²) in [6.07, 6.45) is 6.10. The average molecular weight is 393 g/mol. The predicted molar refractivity (Wildman–Crippen MR) is 113 cm³/mol. The smallest absolute Gasteiger partial charge is 0.243 e. The second kappa shape index (κ2) is 10.4. The Balaban J connectivity index is 1.39. The molecule has 1 aromatic heterocycles. The van der Waals surface area contributed by atoms with Crippen LogP contribution < -0.4 is 10.8 Å². The standard InChI is InChI=1S/C23H27N3O3/c27-22(26-29)5-3-1-2-4-13-25-23(28)15-17-6-8-18(9-7-17)20-11-10-19-12-14-24-21(19)16-20/h6-12,14,16,24,29H,1-5,13,15H2,(H,25,28)(H,26,27). The Morgan fingerprint density at radius 3 is 2.41 bits per heavy atom. The van der Waals surface area contributed by atoms with Gasteiger partial charge < -0.3 is 10.3 Å². The van der Waals surface area contributed by atoms with E-state index in [-0.39, 0.29) is 11.8 Å². The quantitative estimate of drug-likeness (QED) is 0.239. The van der Waals surface area contributed by atoms with Gasteiger partial charge in [-0.15, -0.1) is 0 Å². The van der Waals surface area contributed by atoms with E-state index in [0.29, 0.717) is 19.4 Å². The zero-order chi connectivity index (χ0) is 20.5. The van der Waals surface area contributed by atoms with E-state index in [0.717, 1.165) is 47.9 Å². The molecule has 0 unspecified atom stereocenters. The van der Waals surface area contributed by atoms with Crippen LogP contribution in [0.4, 0.5) is 0 Å². The first-order valence-electron chi connectivity index (χ1n) is 10.0. The summed E-state index contributed by atoms with van der Waals surface area (Å²) in [5.41, 5.74) is 6.00. The van der Waals surface area contributed by atoms with Gasteiger partial charge in [0.15, 0.2) is 0 Å². The summed E-state index contributed by atoms with van der Waals surface area (Å²) in [4.78, 5) is 26.2. The number of fused-ring (bicyclic) bond motifs is 1. The van der Waals surface area contributed by atoms with Gasteiger partial charge >= 0.3 is 0 Å². The Hall–Kier alpha value is -3.12. The van der Waals surface area contributed by atoms with Crippen molar-refractivity contribution in [3.8, 4) is 11.1 Å². The number of nitrogens with one attached hydrogen (secondary N) is 3. The molecule has 2 amide bonds. The molecule has 152 valence electrons. The molecule has 4 N–H and O–H groups in total. The van der Waals surface area contributed by atoms with Gasteiger partial charge in [-0.25, -0.2) is 5.48 Å². The van der Waals surface area contributed by atoms with Gasteiger partial charge in [-0.1, -0.05) is 49.2 Å². The molecular weight excluding hydrogens is 366 g/mol. The molecular formula is C23H27N3O3. The average Bonchev–Trinajstić information content (AvgIpc) is 3.21. The van der Waals surface area contributed by atoms with Gasteiger partial charge in [0.1, 0.15) is 0 Å². The lowest BCUT2D eigenvalue weighted by Crippen LogP contribution is -2.26. The Kier molecular flexibility index (Phi) is 7.41. The first-order chi connectivity index (χ1) is 14.2. The second-order valence-corrected chi connectivity index (χ2v) is 7.20. The van der Waals surface area contributed by atoms with Gasteiger partial charge in [0, 0.05) is 24.7 Å². The number of unbranched alkanes of at least 4 members (excludes halogenated alkanes) is 3. The highest BCUT2D eigenvalue weighted by Crippen LogP contribution is 2.24. The Labute approximate surface area is 170 Å². The van der Waals surface area contributed by atoms with Gasteiger partial charge in [-0.3, -0.25) is 14.8 Å². The molecule has 0 atom stereocenters. The molecule has 0 radical (unpaired) electrons. The van der Waals surface area contributed by atoms with Crippen LogP contribution in [0.1, 0.15) is 37.7 Å². The zero-order valence-electron chi connectivity index (χ0n) is 16.4. The number of hydrogen-bond acceptors (Lipinski definition) is 3. The third-order valence-electron chi connectivity index (χ3n) is 4.98. The second-order valence-electron chi connectivity index (χ2n) is 7.20. The maximum Gasteiger partial charge on any atom is 0.243 e. The van der Waals surface area contributed by atoms with E-state index in [1.165, 1.54) is 5.39 Å². The molecule has 3 rings (SSSR count). The van der Waals surface area contributed by atoms with E-state index < -0.39 is 0 Å². The molecule has 0 saturated heterocycles. The van der Waals surface area contributed by atoms with Crippen LogP contribution in [0, 0.1) is 0 Å². The number of carbonyl (C=O) groups is 2. The lowest BCUT2D eigenvalue weighted by molar-refractivity contribution is -0.129. The van der Waals surface area contributed by atoms with Crippen molar-refractivity contribution in [2.75, 3.05) is 6.54 Å². The fourth-order valence-corrected chi connectivity index (χ4v) is 3.34. The monoisotopic (exact) mass is 393 g/mol. The summed E-state index contributed by atoms with van der Waals surface area (Å²) in [6.45, 7) is 0.638. The highest BCUT2D eigenvalue weighted by Gasteiger charge is 2.05. The van der Waals surface area contributed by atoms with Gasteiger partial charge in [-0.05, 0) is 47.1 Å². The SMILES string of the molecule is O=C(CCCCCCNC(=O)Cc1ccc(-c2ccc3cc[nH]c3c2)cc1)NO. The number of aromatic amines is 1. The van der Waals surface area contributed by atoms with Crippen molar-refractivity contribution in [2.24, 2.45) is 0 Å². The van der Waals surface area contributed by atoms with Crippen molar-refractivity contribution in [1.29, 1.82) is 0 Å². The van der Waals surface area contributed by atoms with Crippen LogP contribution in [0.5, 0.6) is 0 Å². The lowest BCUT2D eigenvalue weighted by Gasteiger charge is -2.07. The Bertz CT molecular complexity index is 947. The number of benzene rings is 2. The molecule has 3 aromatic rings. The molecule has 0 saturated carbocycles. The summed E-state index contributed by atoms with van der Waals surface area (Å²) in [7, 11) is 0. The molecule has 0 aliphatic heterocycles. The summed E-state index contributed by atoms with van der Waals surface area (Å²) in [6, 6.07) is 16.5. The van der Waals surface area contributed by atoms with Crippen molar-refractivity contribution >= 4 is 22.7 Å². The van der Waals surface area contributed by atoms with Crippen molar-refractivity contribution < 1.29 is 14.8 Å². The molecule has 0 bridgehead atoms. The summed E-state index contributed by atoms with van der Waals surface area (Å²) < 4.78 is 0. The van der Waals surface area contributed by atoms with Crippen LogP contribution in [0.15, 0.2) is 54.7 Å². The third kappa shape index (κ3) is 6.19. The summed E-state index contributed by atoms with van der Waals surface area (Å²) in [5, 5.41) is 12.5. The van der Waals surface area contributed by atoms with Gasteiger partial charge in [-0.2, -0.15) is 0 Å². The van der Waals surface area contributed by atoms with E-state index in [1.807, 2.05) is 18.3 Å². The highest BCUT2D eigenvalue weighted by atomic mass is 16.5. The van der Waals surface area contributed by atoms with Crippen LogP contribution in [0.3, 0.4) is 0 Å². The minimum absolute atomic E-state index is 0.0187. The Morgan fingerprint density at radius 1 is 0.862 bits per heavy atom. The predicted octanol–water partition coefficient (Wildman–Crippen LogP) is 3.95. The summed E-state index contributed by atoms with van der Waals surface area (Å²) in [5.74, 6) is -0.334. The summed E-state index contributed by atoms with van der Waals surface area (Å²) >= 11 is 0. The first kappa shape index (κ1) is 20.6. The number of amides is 2. The van der Waals surface area contributed by atoms with Crippen LogP contribution in [0.2, 0.25) is 0 Å². The van der Waals surface area contributed by atoms with Crippen LogP contribution in [-0.2, 0) is 16.0 Å². The number of rotatable bonds is 10.